The lowest BCUT2D eigenvalue weighted by Crippen LogP contribution is -2.59. The van der Waals surface area contributed by atoms with Gasteiger partial charge in [0, 0.05) is 31.2 Å². The molecular formula is C34H26N2O4. The van der Waals surface area contributed by atoms with Crippen LogP contribution in [-0.2, 0) is 27.0 Å². The molecule has 0 N–H and O–H groups in total. The first kappa shape index (κ1) is 24.2. The topological polar surface area (TPSA) is 80.5 Å². The smallest absolute Gasteiger partial charge is 0.269 e. The molecular weight excluding hydrogens is 500 g/mol. The van der Waals surface area contributed by atoms with E-state index in [1.807, 2.05) is 36.4 Å². The summed E-state index contributed by atoms with van der Waals surface area (Å²) in [5, 5.41) is 11.7. The molecule has 6 heteroatoms. The number of ketones is 2. The molecule has 0 saturated heterocycles. The van der Waals surface area contributed by atoms with E-state index in [-0.39, 0.29) is 17.3 Å². The molecule has 0 saturated carbocycles. The number of carbonyl (C=O) groups is 2. The Balaban J connectivity index is 1.76. The molecule has 1 unspecified atom stereocenters. The SMILES string of the molecule is CC(=O)C1=C(C(C)=O)C2(c3ccccc3-c3ccccc32)C2(c3ccc([N+](=O)[O-])cc3)c3ccccc3CCN12. The van der Waals surface area contributed by atoms with E-state index in [0.29, 0.717) is 24.2 Å². The van der Waals surface area contributed by atoms with Crippen LogP contribution in [0.2, 0.25) is 0 Å². The number of nitrogens with zero attached hydrogens (tertiary/aromatic N) is 2. The number of nitro groups is 1. The average Bonchev–Trinajstić information content (AvgIpc) is 3.43. The number of benzene rings is 4. The van der Waals surface area contributed by atoms with Crippen molar-refractivity contribution in [2.75, 3.05) is 6.54 Å². The number of non-ortho nitro benzene ring substituents is 1. The van der Waals surface area contributed by atoms with Gasteiger partial charge in [0.25, 0.3) is 5.69 Å². The van der Waals surface area contributed by atoms with Crippen LogP contribution in [0.4, 0.5) is 5.69 Å². The number of hydrogen-bond acceptors (Lipinski definition) is 5. The van der Waals surface area contributed by atoms with E-state index >= 15 is 0 Å². The molecule has 40 heavy (non-hydrogen) atoms. The fourth-order valence-electron chi connectivity index (χ4n) is 7.86. The summed E-state index contributed by atoms with van der Waals surface area (Å²) in [5.41, 5.74) is 5.66. The van der Waals surface area contributed by atoms with Gasteiger partial charge in [0.15, 0.2) is 11.6 Å². The van der Waals surface area contributed by atoms with Gasteiger partial charge < -0.3 is 4.90 Å². The van der Waals surface area contributed by atoms with E-state index in [2.05, 4.69) is 41.3 Å². The molecule has 2 aliphatic heterocycles. The van der Waals surface area contributed by atoms with Crippen molar-refractivity contribution in [2.24, 2.45) is 0 Å². The van der Waals surface area contributed by atoms with E-state index in [1.54, 1.807) is 19.1 Å². The van der Waals surface area contributed by atoms with Gasteiger partial charge >= 0.3 is 0 Å². The molecule has 4 aromatic carbocycles. The van der Waals surface area contributed by atoms with Gasteiger partial charge in [0.1, 0.15) is 5.54 Å². The van der Waals surface area contributed by atoms with Crippen molar-refractivity contribution in [3.05, 3.63) is 146 Å². The van der Waals surface area contributed by atoms with Crippen LogP contribution in [0.25, 0.3) is 11.1 Å². The van der Waals surface area contributed by atoms with Gasteiger partial charge in [-0.1, -0.05) is 72.8 Å². The number of nitro benzene ring substituents is 1. The molecule has 0 bridgehead atoms. The van der Waals surface area contributed by atoms with Gasteiger partial charge in [-0.3, -0.25) is 19.7 Å². The van der Waals surface area contributed by atoms with Gasteiger partial charge in [0.05, 0.1) is 16.0 Å². The van der Waals surface area contributed by atoms with Crippen LogP contribution in [0.3, 0.4) is 0 Å². The lowest BCUT2D eigenvalue weighted by atomic mass is 9.54. The van der Waals surface area contributed by atoms with E-state index < -0.39 is 15.9 Å². The van der Waals surface area contributed by atoms with Crippen molar-refractivity contribution in [3.63, 3.8) is 0 Å². The highest BCUT2D eigenvalue weighted by Gasteiger charge is 2.71. The highest BCUT2D eigenvalue weighted by molar-refractivity contribution is 6.11. The first-order valence-electron chi connectivity index (χ1n) is 13.4. The summed E-state index contributed by atoms with van der Waals surface area (Å²) < 4.78 is 0. The first-order chi connectivity index (χ1) is 19.3. The van der Waals surface area contributed by atoms with Gasteiger partial charge in [-0.15, -0.1) is 0 Å². The maximum absolute atomic E-state index is 14.0. The van der Waals surface area contributed by atoms with Crippen molar-refractivity contribution in [2.45, 2.75) is 31.2 Å². The fourth-order valence-corrected chi connectivity index (χ4v) is 7.86. The molecule has 0 fully saturated rings. The van der Waals surface area contributed by atoms with Crippen LogP contribution in [-0.4, -0.2) is 27.9 Å². The minimum Gasteiger partial charge on any atom is -0.353 e. The van der Waals surface area contributed by atoms with E-state index in [1.165, 1.54) is 19.1 Å². The molecule has 0 aromatic heterocycles. The van der Waals surface area contributed by atoms with Crippen molar-refractivity contribution in [1.29, 1.82) is 0 Å². The normalized spacial score (nSPS) is 19.6. The maximum atomic E-state index is 14.0. The minimum atomic E-state index is -1.07. The van der Waals surface area contributed by atoms with Crippen molar-refractivity contribution in [1.82, 2.24) is 4.90 Å². The molecule has 1 aliphatic carbocycles. The monoisotopic (exact) mass is 526 g/mol. The Morgan fingerprint density at radius 2 is 1.30 bits per heavy atom. The summed E-state index contributed by atoms with van der Waals surface area (Å²) in [7, 11) is 0. The standard InChI is InChI=1S/C34H26N2O4/c1-21(37)31-32(22(2)38)35-20-19-23-9-3-6-12-28(23)34(35,24-15-17-25(18-16-24)36(39)40)33(31)29-13-7-4-10-26(29)27-11-5-8-14-30(27)33/h3-18H,19-20H2,1-2H3. The molecule has 6 nitrogen and oxygen atoms in total. The van der Waals surface area contributed by atoms with E-state index in [9.17, 15) is 19.7 Å². The van der Waals surface area contributed by atoms with Crippen LogP contribution < -0.4 is 0 Å². The predicted octanol–water partition coefficient (Wildman–Crippen LogP) is 6.11. The largest absolute Gasteiger partial charge is 0.353 e. The van der Waals surface area contributed by atoms with Gasteiger partial charge in [-0.05, 0) is 64.4 Å². The quantitative estimate of drug-likeness (QED) is 0.237. The molecule has 3 aliphatic rings. The zero-order valence-corrected chi connectivity index (χ0v) is 22.2. The summed E-state index contributed by atoms with van der Waals surface area (Å²) in [6.45, 7) is 3.61. The number of hydrogen-bond donors (Lipinski definition) is 0. The zero-order valence-electron chi connectivity index (χ0n) is 22.2. The Bertz CT molecular complexity index is 1760. The first-order valence-corrected chi connectivity index (χ1v) is 13.4. The van der Waals surface area contributed by atoms with E-state index in [0.717, 1.165) is 38.9 Å². The van der Waals surface area contributed by atoms with Crippen LogP contribution in [0.15, 0.2) is 108 Å². The highest BCUT2D eigenvalue weighted by atomic mass is 16.6. The molecule has 7 rings (SSSR count). The van der Waals surface area contributed by atoms with Gasteiger partial charge in [-0.2, -0.15) is 0 Å². The number of carbonyl (C=O) groups excluding carboxylic acids is 2. The lowest BCUT2D eigenvalue weighted by molar-refractivity contribution is -0.384. The summed E-state index contributed by atoms with van der Waals surface area (Å²) in [6, 6.07) is 31.1. The predicted molar refractivity (Wildman–Crippen MR) is 152 cm³/mol. The Kier molecular flexibility index (Phi) is 5.04. The Morgan fingerprint density at radius 1 is 0.750 bits per heavy atom. The second-order valence-electron chi connectivity index (χ2n) is 10.8. The maximum Gasteiger partial charge on any atom is 0.269 e. The highest BCUT2D eigenvalue weighted by Crippen LogP contribution is 2.70. The summed E-state index contributed by atoms with van der Waals surface area (Å²) in [5.74, 6) is -0.334. The average molecular weight is 527 g/mol. The third-order valence-corrected chi connectivity index (χ3v) is 8.97. The Morgan fingerprint density at radius 3 is 1.85 bits per heavy atom. The fraction of sp³-hybridized carbons (Fsp3) is 0.176. The Labute approximate surface area is 231 Å². The second-order valence-corrected chi connectivity index (χ2v) is 10.8. The molecule has 0 amide bonds. The van der Waals surface area contributed by atoms with Crippen molar-refractivity contribution >= 4 is 17.3 Å². The number of allylic oxidation sites excluding steroid dienone is 1. The summed E-state index contributed by atoms with van der Waals surface area (Å²) in [4.78, 5) is 41.1. The molecule has 1 spiro atoms. The summed E-state index contributed by atoms with van der Waals surface area (Å²) in [6.07, 6.45) is 0.701. The summed E-state index contributed by atoms with van der Waals surface area (Å²) >= 11 is 0. The third-order valence-electron chi connectivity index (χ3n) is 8.97. The van der Waals surface area contributed by atoms with Crippen molar-refractivity contribution in [3.8, 4) is 11.1 Å². The van der Waals surface area contributed by atoms with Crippen LogP contribution in [0.5, 0.6) is 0 Å². The molecule has 1 atom stereocenters. The molecule has 196 valence electrons. The number of rotatable bonds is 4. The van der Waals surface area contributed by atoms with Gasteiger partial charge in [0.2, 0.25) is 0 Å². The second kappa shape index (κ2) is 8.33. The van der Waals surface area contributed by atoms with E-state index in [4.69, 9.17) is 0 Å². The number of fused-ring (bicyclic) bond motifs is 9. The molecule has 4 aromatic rings. The zero-order chi connectivity index (χ0) is 27.8. The van der Waals surface area contributed by atoms with Crippen LogP contribution >= 0.6 is 0 Å². The third kappa shape index (κ3) is 2.73. The van der Waals surface area contributed by atoms with Crippen LogP contribution in [0.1, 0.15) is 41.7 Å². The Hall–Kier alpha value is -4.84. The van der Waals surface area contributed by atoms with Gasteiger partial charge in [-0.25, -0.2) is 0 Å². The van der Waals surface area contributed by atoms with Crippen LogP contribution in [0, 0.1) is 10.1 Å². The van der Waals surface area contributed by atoms with Crippen molar-refractivity contribution < 1.29 is 14.5 Å². The lowest BCUT2D eigenvalue weighted by Gasteiger charge is -2.55. The molecule has 0 radical (unpaired) electrons. The minimum absolute atomic E-state index is 0.0124. The molecule has 2 heterocycles. The number of Topliss-reactive ketones (excluding diaryl/α,β-unsaturated/α-hetero) is 2.